The van der Waals surface area contributed by atoms with Gasteiger partial charge in [-0.2, -0.15) is 4.98 Å². The molecule has 0 spiro atoms. The predicted octanol–water partition coefficient (Wildman–Crippen LogP) is 4.14. The van der Waals surface area contributed by atoms with Crippen molar-refractivity contribution in [1.29, 1.82) is 0 Å². The zero-order chi connectivity index (χ0) is 16.2. The van der Waals surface area contributed by atoms with Crippen molar-refractivity contribution < 1.29 is 9.94 Å². The number of halogens is 1. The Morgan fingerprint density at radius 1 is 1.04 bits per heavy atom. The molecule has 0 atom stereocenters. The highest BCUT2D eigenvalue weighted by Crippen LogP contribution is 2.33. The molecule has 7 heteroatoms. The van der Waals surface area contributed by atoms with Gasteiger partial charge >= 0.3 is 0 Å². The van der Waals surface area contributed by atoms with Crippen LogP contribution in [-0.2, 0) is 0 Å². The van der Waals surface area contributed by atoms with E-state index in [1.807, 2.05) is 18.2 Å². The van der Waals surface area contributed by atoms with Crippen molar-refractivity contribution in [1.82, 2.24) is 9.97 Å². The molecule has 0 amide bonds. The minimum absolute atomic E-state index is 0.0399. The summed E-state index contributed by atoms with van der Waals surface area (Å²) >= 11 is 3.36. The molecule has 0 unspecified atom stereocenters. The first-order valence-electron chi connectivity index (χ1n) is 6.73. The van der Waals surface area contributed by atoms with E-state index in [9.17, 15) is 5.21 Å². The summed E-state index contributed by atoms with van der Waals surface area (Å²) in [5.41, 5.74) is 6.17. The molecule has 1 heterocycles. The van der Waals surface area contributed by atoms with E-state index in [1.54, 1.807) is 36.4 Å². The number of aromatic nitrogens is 2. The highest BCUT2D eigenvalue weighted by Gasteiger charge is 2.16. The van der Waals surface area contributed by atoms with Crippen LogP contribution in [0.4, 0.5) is 17.5 Å². The Hall–Kier alpha value is -2.64. The van der Waals surface area contributed by atoms with Gasteiger partial charge in [-0.15, -0.1) is 0 Å². The van der Waals surface area contributed by atoms with Gasteiger partial charge in [0, 0.05) is 4.47 Å². The average molecular weight is 373 g/mol. The number of hydrogen-bond donors (Lipinski definition) is 2. The fourth-order valence-electron chi connectivity index (χ4n) is 1.92. The normalized spacial score (nSPS) is 10.3. The molecule has 0 saturated heterocycles. The van der Waals surface area contributed by atoms with Gasteiger partial charge < -0.3 is 10.5 Å². The van der Waals surface area contributed by atoms with Crippen molar-refractivity contribution >= 4 is 33.4 Å². The highest BCUT2D eigenvalue weighted by molar-refractivity contribution is 9.10. The van der Waals surface area contributed by atoms with Crippen molar-refractivity contribution in [3.63, 3.8) is 0 Å². The Morgan fingerprint density at radius 3 is 2.43 bits per heavy atom. The maximum absolute atomic E-state index is 10.4. The number of para-hydroxylation sites is 1. The molecule has 0 radical (unpaired) electrons. The largest absolute Gasteiger partial charge is 0.452 e. The summed E-state index contributed by atoms with van der Waals surface area (Å²) < 4.78 is 6.70. The maximum Gasteiger partial charge on any atom is 0.222 e. The summed E-state index contributed by atoms with van der Waals surface area (Å²) in [7, 11) is 0. The summed E-state index contributed by atoms with van der Waals surface area (Å²) in [5, 5.41) is 11.3. The van der Waals surface area contributed by atoms with E-state index in [0.29, 0.717) is 11.4 Å². The van der Waals surface area contributed by atoms with Gasteiger partial charge in [-0.3, -0.25) is 5.21 Å². The van der Waals surface area contributed by atoms with E-state index >= 15 is 0 Å². The van der Waals surface area contributed by atoms with Crippen LogP contribution in [0.1, 0.15) is 0 Å². The van der Waals surface area contributed by atoms with Gasteiger partial charge in [-0.25, -0.2) is 10.0 Å². The molecule has 1 aromatic heterocycles. The number of benzene rings is 2. The van der Waals surface area contributed by atoms with Gasteiger partial charge in [0.05, 0.1) is 11.9 Å². The quantitative estimate of drug-likeness (QED) is 0.669. The zero-order valence-corrected chi connectivity index (χ0v) is 13.5. The lowest BCUT2D eigenvalue weighted by molar-refractivity contribution is 0.293. The van der Waals surface area contributed by atoms with Crippen LogP contribution in [0.25, 0.3) is 0 Å². The van der Waals surface area contributed by atoms with Crippen LogP contribution in [-0.4, -0.2) is 15.2 Å². The lowest BCUT2D eigenvalue weighted by Crippen LogP contribution is -2.14. The monoisotopic (exact) mass is 372 g/mol. The first kappa shape index (κ1) is 15.3. The molecule has 0 fully saturated rings. The molecular formula is C16H13BrN4O2. The minimum Gasteiger partial charge on any atom is -0.452 e. The second-order valence-electron chi connectivity index (χ2n) is 4.62. The number of nitrogens with zero attached hydrogens (tertiary/aromatic N) is 3. The molecule has 0 saturated carbocycles. The van der Waals surface area contributed by atoms with E-state index in [-0.39, 0.29) is 17.5 Å². The third-order valence-corrected chi connectivity index (χ3v) is 3.53. The van der Waals surface area contributed by atoms with Crippen LogP contribution in [0.15, 0.2) is 65.3 Å². The standard InChI is InChI=1S/C16H13BrN4O2/c17-11-6-8-13(9-7-11)23-14-10-19-16(18)20-15(14)21(22)12-4-2-1-3-5-12/h1-10,22H,(H2,18,19,20). The molecule has 3 rings (SSSR count). The number of nitrogens with two attached hydrogens (primary N) is 1. The van der Waals surface area contributed by atoms with Crippen molar-refractivity contribution in [2.45, 2.75) is 0 Å². The number of nitrogen functional groups attached to an aromatic ring is 1. The first-order valence-corrected chi connectivity index (χ1v) is 7.53. The third-order valence-electron chi connectivity index (χ3n) is 3.00. The highest BCUT2D eigenvalue weighted by atomic mass is 79.9. The molecule has 0 aliphatic carbocycles. The Kier molecular flexibility index (Phi) is 4.40. The number of ether oxygens (including phenoxy) is 1. The summed E-state index contributed by atoms with van der Waals surface area (Å²) in [6, 6.07) is 16.2. The van der Waals surface area contributed by atoms with Gasteiger partial charge in [-0.1, -0.05) is 34.1 Å². The van der Waals surface area contributed by atoms with E-state index < -0.39 is 0 Å². The number of hydrogen-bond acceptors (Lipinski definition) is 6. The number of rotatable bonds is 4. The van der Waals surface area contributed by atoms with Gasteiger partial charge in [0.25, 0.3) is 0 Å². The minimum atomic E-state index is 0.0399. The molecule has 6 nitrogen and oxygen atoms in total. The Labute approximate surface area is 141 Å². The molecule has 0 aliphatic rings. The van der Waals surface area contributed by atoms with Gasteiger partial charge in [0.15, 0.2) is 5.75 Å². The maximum atomic E-state index is 10.4. The van der Waals surface area contributed by atoms with Crippen LogP contribution >= 0.6 is 15.9 Å². The molecule has 0 aliphatic heterocycles. The summed E-state index contributed by atoms with van der Waals surface area (Å²) in [5.74, 6) is 1.07. The van der Waals surface area contributed by atoms with E-state index in [1.165, 1.54) is 6.20 Å². The van der Waals surface area contributed by atoms with Gasteiger partial charge in [0.1, 0.15) is 5.75 Å². The second-order valence-corrected chi connectivity index (χ2v) is 5.54. The topological polar surface area (TPSA) is 84.5 Å². The molecular weight excluding hydrogens is 360 g/mol. The molecule has 3 aromatic rings. The molecule has 116 valence electrons. The van der Waals surface area contributed by atoms with E-state index in [4.69, 9.17) is 10.5 Å². The zero-order valence-electron chi connectivity index (χ0n) is 11.9. The van der Waals surface area contributed by atoms with Gasteiger partial charge in [0.2, 0.25) is 11.8 Å². The summed E-state index contributed by atoms with van der Waals surface area (Å²) in [6.45, 7) is 0. The van der Waals surface area contributed by atoms with E-state index in [2.05, 4.69) is 25.9 Å². The lowest BCUT2D eigenvalue weighted by atomic mass is 10.3. The molecule has 23 heavy (non-hydrogen) atoms. The van der Waals surface area contributed by atoms with Crippen LogP contribution in [0.3, 0.4) is 0 Å². The van der Waals surface area contributed by atoms with Crippen LogP contribution < -0.4 is 15.5 Å². The van der Waals surface area contributed by atoms with Crippen LogP contribution in [0, 0.1) is 0 Å². The molecule has 3 N–H and O–H groups in total. The molecule has 0 bridgehead atoms. The Morgan fingerprint density at radius 2 is 1.74 bits per heavy atom. The van der Waals surface area contributed by atoms with Crippen molar-refractivity contribution in [3.05, 3.63) is 65.3 Å². The smallest absolute Gasteiger partial charge is 0.222 e. The lowest BCUT2D eigenvalue weighted by Gasteiger charge is -2.19. The van der Waals surface area contributed by atoms with Crippen molar-refractivity contribution in [2.24, 2.45) is 0 Å². The van der Waals surface area contributed by atoms with Gasteiger partial charge in [-0.05, 0) is 36.4 Å². The Bertz CT molecular complexity index is 797. The van der Waals surface area contributed by atoms with Crippen molar-refractivity contribution in [3.8, 4) is 11.5 Å². The van der Waals surface area contributed by atoms with Crippen molar-refractivity contribution in [2.75, 3.05) is 10.8 Å². The molecule has 2 aromatic carbocycles. The summed E-state index contributed by atoms with van der Waals surface area (Å²) in [6.07, 6.45) is 1.42. The SMILES string of the molecule is Nc1ncc(Oc2ccc(Br)cc2)c(N(O)c2ccccc2)n1. The first-order chi connectivity index (χ1) is 11.1. The van der Waals surface area contributed by atoms with Crippen LogP contribution in [0.5, 0.6) is 11.5 Å². The fraction of sp³-hybridized carbons (Fsp3) is 0. The number of anilines is 3. The van der Waals surface area contributed by atoms with E-state index in [0.717, 1.165) is 9.54 Å². The third kappa shape index (κ3) is 3.58. The van der Waals surface area contributed by atoms with Crippen LogP contribution in [0.2, 0.25) is 0 Å². The fourth-order valence-corrected chi connectivity index (χ4v) is 2.18. The average Bonchev–Trinajstić information content (AvgIpc) is 2.58. The predicted molar refractivity (Wildman–Crippen MR) is 91.0 cm³/mol. The summed E-state index contributed by atoms with van der Waals surface area (Å²) in [4.78, 5) is 8.00. The second kappa shape index (κ2) is 6.64. The Balaban J connectivity index is 1.96.